The Morgan fingerprint density at radius 3 is 2.40 bits per heavy atom. The third-order valence-corrected chi connectivity index (χ3v) is 9.63. The number of aromatic nitrogens is 2. The number of sulfonamides is 1. The van der Waals surface area contributed by atoms with Gasteiger partial charge >= 0.3 is 0 Å². The fourth-order valence-electron chi connectivity index (χ4n) is 5.31. The molecule has 2 aromatic heterocycles. The van der Waals surface area contributed by atoms with Gasteiger partial charge in [0.05, 0.1) is 22.2 Å². The highest BCUT2D eigenvalue weighted by Crippen LogP contribution is 2.33. The van der Waals surface area contributed by atoms with Gasteiger partial charge in [0.2, 0.25) is 5.91 Å². The molecule has 1 aliphatic heterocycles. The van der Waals surface area contributed by atoms with Crippen LogP contribution in [0.1, 0.15) is 24.5 Å². The van der Waals surface area contributed by atoms with Crippen molar-refractivity contribution in [3.05, 3.63) is 124 Å². The summed E-state index contributed by atoms with van der Waals surface area (Å²) in [7, 11) is -2.39. The number of amides is 1. The van der Waals surface area contributed by atoms with E-state index in [0.717, 1.165) is 22.9 Å². The van der Waals surface area contributed by atoms with Gasteiger partial charge in [-0.1, -0.05) is 29.8 Å². The monoisotopic (exact) mass is 598 g/mol. The molecule has 10 heteroatoms. The van der Waals surface area contributed by atoms with Crippen LogP contribution in [-0.2, 0) is 14.8 Å². The summed E-state index contributed by atoms with van der Waals surface area (Å²) in [5.74, 6) is -0.620. The number of piperidine rings is 1. The fraction of sp³-hybridized carbons (Fsp3) is 0.156. The topological polar surface area (TPSA) is 92.6 Å². The minimum Gasteiger partial charge on any atom is -0.312 e. The number of benzene rings is 3. The molecule has 1 atom stereocenters. The predicted molar refractivity (Wildman–Crippen MR) is 165 cm³/mol. The quantitative estimate of drug-likeness (QED) is 0.247. The van der Waals surface area contributed by atoms with Crippen LogP contribution in [0.25, 0.3) is 16.5 Å². The number of hydrogen-bond donors (Lipinski definition) is 0. The largest absolute Gasteiger partial charge is 0.312 e. The molecule has 1 aliphatic rings. The Kier molecular flexibility index (Phi) is 7.30. The molecule has 42 heavy (non-hydrogen) atoms. The maximum absolute atomic E-state index is 13.7. The summed E-state index contributed by atoms with van der Waals surface area (Å²) in [5.41, 5.74) is 2.23. The number of pyridine rings is 2. The number of anilines is 2. The van der Waals surface area contributed by atoms with Gasteiger partial charge in [0.15, 0.2) is 0 Å². The van der Waals surface area contributed by atoms with E-state index in [9.17, 15) is 18.0 Å². The first-order chi connectivity index (χ1) is 20.2. The first-order valence-corrected chi connectivity index (χ1v) is 15.3. The van der Waals surface area contributed by atoms with Crippen molar-refractivity contribution in [2.24, 2.45) is 0 Å². The Balaban J connectivity index is 1.24. The molecular formula is C32H27ClN4O4S. The highest BCUT2D eigenvalue weighted by atomic mass is 35.5. The molecule has 0 spiro atoms. The van der Waals surface area contributed by atoms with E-state index in [1.807, 2.05) is 24.3 Å². The van der Waals surface area contributed by atoms with Gasteiger partial charge in [-0.25, -0.2) is 8.42 Å². The molecule has 6 rings (SSSR count). The maximum atomic E-state index is 13.7. The second kappa shape index (κ2) is 11.1. The first-order valence-electron chi connectivity index (χ1n) is 13.5. The minimum atomic E-state index is -3.89. The van der Waals surface area contributed by atoms with E-state index in [0.29, 0.717) is 35.1 Å². The predicted octanol–water partition coefficient (Wildman–Crippen LogP) is 5.77. The lowest BCUT2D eigenvalue weighted by atomic mass is 9.92. The lowest BCUT2D eigenvalue weighted by Gasteiger charge is -2.32. The number of fused-ring (bicyclic) bond motifs is 1. The highest BCUT2D eigenvalue weighted by Gasteiger charge is 2.32. The molecule has 0 N–H and O–H groups in total. The average molecular weight is 599 g/mol. The Bertz CT molecular complexity index is 1980. The highest BCUT2D eigenvalue weighted by molar-refractivity contribution is 7.92. The third-order valence-electron chi connectivity index (χ3n) is 7.62. The van der Waals surface area contributed by atoms with Crippen molar-refractivity contribution in [1.82, 2.24) is 9.55 Å². The maximum Gasteiger partial charge on any atom is 0.264 e. The number of carbonyl (C=O) groups is 1. The van der Waals surface area contributed by atoms with E-state index in [1.54, 1.807) is 71.8 Å². The molecule has 1 amide bonds. The van der Waals surface area contributed by atoms with Gasteiger partial charge in [0, 0.05) is 48.4 Å². The average Bonchev–Trinajstić information content (AvgIpc) is 3.01. The molecule has 1 saturated heterocycles. The summed E-state index contributed by atoms with van der Waals surface area (Å²) < 4.78 is 29.9. The van der Waals surface area contributed by atoms with Crippen LogP contribution < -0.4 is 14.8 Å². The number of rotatable bonds is 6. The summed E-state index contributed by atoms with van der Waals surface area (Å²) in [5, 5.41) is 2.19. The Morgan fingerprint density at radius 1 is 0.881 bits per heavy atom. The van der Waals surface area contributed by atoms with Gasteiger partial charge < -0.3 is 4.90 Å². The van der Waals surface area contributed by atoms with E-state index in [4.69, 9.17) is 11.6 Å². The standard InChI is InChI=1S/C32H27ClN4O4S/c1-35(42(40,41)28-14-8-22-19-24(33)9-7-23(22)20-28)27-15-16-34-30(21-27)29-5-4-18-37(32(29)39)26-12-10-25(11-13-26)36-17-3-2-6-31(36)38/h2-3,6-17,19-21,29H,4-5,18H2,1H3. The molecule has 1 fully saturated rings. The number of nitrogens with zero attached hydrogens (tertiary/aromatic N) is 4. The van der Waals surface area contributed by atoms with E-state index in [1.165, 1.54) is 28.2 Å². The minimum absolute atomic E-state index is 0.103. The Morgan fingerprint density at radius 2 is 1.62 bits per heavy atom. The third kappa shape index (κ3) is 5.17. The van der Waals surface area contributed by atoms with Gasteiger partial charge in [-0.05, 0) is 90.3 Å². The van der Waals surface area contributed by atoms with Gasteiger partial charge in [-0.2, -0.15) is 0 Å². The molecule has 8 nitrogen and oxygen atoms in total. The van der Waals surface area contributed by atoms with E-state index >= 15 is 0 Å². The van der Waals surface area contributed by atoms with Crippen molar-refractivity contribution < 1.29 is 13.2 Å². The van der Waals surface area contributed by atoms with Crippen molar-refractivity contribution in [1.29, 1.82) is 0 Å². The molecule has 0 radical (unpaired) electrons. The Hall–Kier alpha value is -4.47. The molecule has 3 heterocycles. The summed E-state index contributed by atoms with van der Waals surface area (Å²) in [6, 6.07) is 25.8. The second-order valence-corrected chi connectivity index (χ2v) is 12.6. The summed E-state index contributed by atoms with van der Waals surface area (Å²) in [6.07, 6.45) is 4.60. The van der Waals surface area contributed by atoms with Crippen LogP contribution in [0, 0.1) is 0 Å². The van der Waals surface area contributed by atoms with Crippen LogP contribution >= 0.6 is 11.6 Å². The van der Waals surface area contributed by atoms with Crippen molar-refractivity contribution in [2.45, 2.75) is 23.7 Å². The van der Waals surface area contributed by atoms with Crippen molar-refractivity contribution in [3.63, 3.8) is 0 Å². The van der Waals surface area contributed by atoms with Crippen LogP contribution in [0.2, 0.25) is 5.02 Å². The molecule has 1 unspecified atom stereocenters. The number of hydrogen-bond acceptors (Lipinski definition) is 5. The number of carbonyl (C=O) groups excluding carboxylic acids is 1. The van der Waals surface area contributed by atoms with Crippen LogP contribution in [0.15, 0.2) is 113 Å². The molecule has 0 saturated carbocycles. The van der Waals surface area contributed by atoms with E-state index in [2.05, 4.69) is 4.98 Å². The second-order valence-electron chi connectivity index (χ2n) is 10.2. The molecule has 0 bridgehead atoms. The molecule has 212 valence electrons. The van der Waals surface area contributed by atoms with Crippen molar-refractivity contribution in [2.75, 3.05) is 22.8 Å². The van der Waals surface area contributed by atoms with Crippen LogP contribution in [0.3, 0.4) is 0 Å². The van der Waals surface area contributed by atoms with Gasteiger partial charge in [-0.3, -0.25) is 23.4 Å². The van der Waals surface area contributed by atoms with Gasteiger partial charge in [-0.15, -0.1) is 0 Å². The molecule has 3 aromatic carbocycles. The fourth-order valence-corrected chi connectivity index (χ4v) is 6.72. The van der Waals surface area contributed by atoms with E-state index < -0.39 is 15.9 Å². The smallest absolute Gasteiger partial charge is 0.264 e. The van der Waals surface area contributed by atoms with Crippen LogP contribution in [-0.4, -0.2) is 37.5 Å². The van der Waals surface area contributed by atoms with E-state index in [-0.39, 0.29) is 16.4 Å². The van der Waals surface area contributed by atoms with Crippen molar-refractivity contribution >= 4 is 49.7 Å². The zero-order valence-corrected chi connectivity index (χ0v) is 24.3. The normalized spacial score (nSPS) is 15.6. The van der Waals surface area contributed by atoms with Crippen molar-refractivity contribution in [3.8, 4) is 5.69 Å². The van der Waals surface area contributed by atoms with Gasteiger partial charge in [0.25, 0.3) is 15.6 Å². The molecule has 5 aromatic rings. The zero-order valence-electron chi connectivity index (χ0n) is 22.7. The SMILES string of the molecule is CN(c1ccnc(C2CCCN(c3ccc(-n4ccccc4=O)cc3)C2=O)c1)S(=O)(=O)c1ccc2cc(Cl)ccc2c1. The van der Waals surface area contributed by atoms with Crippen LogP contribution in [0.5, 0.6) is 0 Å². The van der Waals surface area contributed by atoms with Gasteiger partial charge in [0.1, 0.15) is 0 Å². The molecular weight excluding hydrogens is 572 g/mol. The number of halogens is 1. The summed E-state index contributed by atoms with van der Waals surface area (Å²) in [6.45, 7) is 0.557. The Labute approximate surface area is 248 Å². The lowest BCUT2D eigenvalue weighted by molar-refractivity contribution is -0.121. The van der Waals surface area contributed by atoms with Crippen LogP contribution in [0.4, 0.5) is 11.4 Å². The summed E-state index contributed by atoms with van der Waals surface area (Å²) >= 11 is 6.08. The first kappa shape index (κ1) is 27.7. The zero-order chi connectivity index (χ0) is 29.4. The summed E-state index contributed by atoms with van der Waals surface area (Å²) in [4.78, 5) is 32.2. The molecule has 0 aliphatic carbocycles. The lowest BCUT2D eigenvalue weighted by Crippen LogP contribution is -2.40.